The number of hydrogen-bond donors (Lipinski definition) is 0. The quantitative estimate of drug-likeness (QED) is 0.391. The van der Waals surface area contributed by atoms with Crippen LogP contribution in [0.2, 0.25) is 0 Å². The number of carbonyl (C=O) groups is 2. The van der Waals surface area contributed by atoms with Crippen molar-refractivity contribution in [3.63, 3.8) is 0 Å². The minimum absolute atomic E-state index is 0.229. The van der Waals surface area contributed by atoms with Gasteiger partial charge in [-0.2, -0.15) is 0 Å². The van der Waals surface area contributed by atoms with E-state index >= 15 is 0 Å². The molecule has 2 rings (SSSR count). The Morgan fingerprint density at radius 1 is 1.00 bits per heavy atom. The molecule has 2 saturated carbocycles. The monoisotopic (exact) mass is 336 g/mol. The molecule has 0 saturated heterocycles. The highest BCUT2D eigenvalue weighted by Crippen LogP contribution is 2.48. The third-order valence-electron chi connectivity index (χ3n) is 4.74. The van der Waals surface area contributed by atoms with Crippen molar-refractivity contribution in [2.45, 2.75) is 59.3 Å². The van der Waals surface area contributed by atoms with Crippen LogP contribution >= 0.6 is 0 Å². The second-order valence-corrected chi connectivity index (χ2v) is 7.08. The smallest absolute Gasteiger partial charge is 0.333 e. The van der Waals surface area contributed by atoms with E-state index in [0.29, 0.717) is 30.3 Å². The number of hydrogen-bond acceptors (Lipinski definition) is 4. The van der Waals surface area contributed by atoms with E-state index in [2.05, 4.69) is 20.1 Å². The lowest BCUT2D eigenvalue weighted by Crippen LogP contribution is -2.19. The van der Waals surface area contributed by atoms with E-state index in [9.17, 15) is 9.59 Å². The van der Waals surface area contributed by atoms with Gasteiger partial charge in [0, 0.05) is 11.1 Å². The highest BCUT2D eigenvalue weighted by molar-refractivity contribution is 5.87. The molecule has 0 heterocycles. The van der Waals surface area contributed by atoms with E-state index in [1.807, 2.05) is 0 Å². The minimum Gasteiger partial charge on any atom is -0.462 e. The van der Waals surface area contributed by atoms with Crippen LogP contribution in [0.4, 0.5) is 0 Å². The van der Waals surface area contributed by atoms with Gasteiger partial charge in [0.25, 0.3) is 0 Å². The van der Waals surface area contributed by atoms with Crippen molar-refractivity contribution in [1.82, 2.24) is 0 Å². The van der Waals surface area contributed by atoms with Crippen LogP contribution in [0.15, 0.2) is 24.3 Å². The average Bonchev–Trinajstić information content (AvgIpc) is 3.15. The summed E-state index contributed by atoms with van der Waals surface area (Å²) < 4.78 is 10.0. The van der Waals surface area contributed by atoms with Crippen molar-refractivity contribution in [3.05, 3.63) is 24.3 Å². The Morgan fingerprint density at radius 3 is 2.08 bits per heavy atom. The highest BCUT2D eigenvalue weighted by Gasteiger charge is 2.39. The molecule has 0 radical (unpaired) electrons. The molecule has 2 aliphatic carbocycles. The van der Waals surface area contributed by atoms with Gasteiger partial charge in [0.15, 0.2) is 0 Å². The lowest BCUT2D eigenvalue weighted by molar-refractivity contribution is -0.141. The molecule has 4 nitrogen and oxygen atoms in total. The first-order valence-electron chi connectivity index (χ1n) is 9.00. The SMILES string of the molecule is C=C(C)C(=O)OCC1CC2CCC1C2.C=C(C)C(=O)OCCCC. The van der Waals surface area contributed by atoms with Crippen molar-refractivity contribution in [1.29, 1.82) is 0 Å². The van der Waals surface area contributed by atoms with Gasteiger partial charge in [-0.25, -0.2) is 9.59 Å². The van der Waals surface area contributed by atoms with Crippen molar-refractivity contribution >= 4 is 11.9 Å². The fourth-order valence-corrected chi connectivity index (χ4v) is 3.32. The zero-order valence-electron chi connectivity index (χ0n) is 15.4. The summed E-state index contributed by atoms with van der Waals surface area (Å²) in [6.07, 6.45) is 7.36. The first-order chi connectivity index (χ1) is 11.3. The van der Waals surface area contributed by atoms with Gasteiger partial charge in [-0.05, 0) is 57.3 Å². The van der Waals surface area contributed by atoms with Crippen LogP contribution < -0.4 is 0 Å². The largest absolute Gasteiger partial charge is 0.462 e. The van der Waals surface area contributed by atoms with E-state index in [1.54, 1.807) is 13.8 Å². The standard InChI is InChI=1S/C12H18O2.C8H14O2/c1-8(2)12(13)14-7-11-6-9-3-4-10(11)5-9;1-4-5-6-10-8(9)7(2)3/h9-11H,1,3-7H2,2H3;2,4-6H2,1,3H3. The molecule has 3 atom stereocenters. The molecule has 2 aliphatic rings. The summed E-state index contributed by atoms with van der Waals surface area (Å²) in [5, 5.41) is 0. The summed E-state index contributed by atoms with van der Waals surface area (Å²) in [6, 6.07) is 0. The fraction of sp³-hybridized carbons (Fsp3) is 0.700. The number of unbranched alkanes of at least 4 members (excludes halogenated alkanes) is 1. The topological polar surface area (TPSA) is 52.6 Å². The maximum absolute atomic E-state index is 11.2. The van der Waals surface area contributed by atoms with Crippen LogP contribution in [0.1, 0.15) is 59.3 Å². The Balaban J connectivity index is 0.000000257. The van der Waals surface area contributed by atoms with E-state index in [0.717, 1.165) is 24.7 Å². The van der Waals surface area contributed by atoms with E-state index < -0.39 is 0 Å². The molecule has 3 unspecified atom stereocenters. The Labute approximate surface area is 146 Å². The Bertz CT molecular complexity index is 466. The summed E-state index contributed by atoms with van der Waals surface area (Å²) in [5.74, 6) is 1.88. The molecule has 0 aliphatic heterocycles. The van der Waals surface area contributed by atoms with Crippen LogP contribution in [0.25, 0.3) is 0 Å². The third kappa shape index (κ3) is 6.90. The highest BCUT2D eigenvalue weighted by atomic mass is 16.5. The molecule has 0 aromatic heterocycles. The van der Waals surface area contributed by atoms with Crippen LogP contribution in [0.5, 0.6) is 0 Å². The van der Waals surface area contributed by atoms with Gasteiger partial charge >= 0.3 is 11.9 Å². The van der Waals surface area contributed by atoms with Crippen molar-refractivity contribution in [2.75, 3.05) is 13.2 Å². The van der Waals surface area contributed by atoms with E-state index in [4.69, 9.17) is 9.47 Å². The Kier molecular flexibility index (Phi) is 8.80. The van der Waals surface area contributed by atoms with Gasteiger partial charge in [-0.3, -0.25) is 0 Å². The van der Waals surface area contributed by atoms with Crippen molar-refractivity contribution in [3.8, 4) is 0 Å². The summed E-state index contributed by atoms with van der Waals surface area (Å²) in [4.78, 5) is 21.9. The normalized spacial score (nSPS) is 23.9. The summed E-state index contributed by atoms with van der Waals surface area (Å²) >= 11 is 0. The number of esters is 2. The molecular formula is C20H32O4. The predicted octanol–water partition coefficient (Wildman–Crippen LogP) is 4.45. The first-order valence-corrected chi connectivity index (χ1v) is 9.00. The van der Waals surface area contributed by atoms with Gasteiger partial charge in [0.2, 0.25) is 0 Å². The molecule has 0 spiro atoms. The number of ether oxygens (including phenoxy) is 2. The summed E-state index contributed by atoms with van der Waals surface area (Å²) in [7, 11) is 0. The van der Waals surface area contributed by atoms with Gasteiger partial charge in [0.1, 0.15) is 0 Å². The van der Waals surface area contributed by atoms with Crippen LogP contribution in [-0.2, 0) is 19.1 Å². The average molecular weight is 336 g/mol. The van der Waals surface area contributed by atoms with Crippen molar-refractivity contribution in [2.24, 2.45) is 17.8 Å². The molecule has 2 bridgehead atoms. The van der Waals surface area contributed by atoms with Crippen LogP contribution in [0.3, 0.4) is 0 Å². The number of rotatable bonds is 7. The van der Waals surface area contributed by atoms with Gasteiger partial charge in [-0.1, -0.05) is 32.9 Å². The molecular weight excluding hydrogens is 304 g/mol. The first kappa shape index (κ1) is 20.5. The molecule has 0 N–H and O–H groups in total. The fourth-order valence-electron chi connectivity index (χ4n) is 3.32. The lowest BCUT2D eigenvalue weighted by atomic mass is 9.89. The molecule has 136 valence electrons. The van der Waals surface area contributed by atoms with Gasteiger partial charge in [0.05, 0.1) is 13.2 Å². The van der Waals surface area contributed by atoms with Crippen molar-refractivity contribution < 1.29 is 19.1 Å². The second-order valence-electron chi connectivity index (χ2n) is 7.08. The molecule has 4 heteroatoms. The minimum atomic E-state index is -0.284. The van der Waals surface area contributed by atoms with Crippen LogP contribution in [0, 0.1) is 17.8 Å². The third-order valence-corrected chi connectivity index (χ3v) is 4.74. The van der Waals surface area contributed by atoms with Crippen LogP contribution in [-0.4, -0.2) is 25.2 Å². The second kappa shape index (κ2) is 10.3. The maximum Gasteiger partial charge on any atom is 0.333 e. The summed E-state index contributed by atoms with van der Waals surface area (Å²) in [6.45, 7) is 13.6. The Morgan fingerprint density at radius 2 is 1.62 bits per heavy atom. The molecule has 0 aromatic rings. The zero-order valence-corrected chi connectivity index (χ0v) is 15.4. The van der Waals surface area contributed by atoms with Gasteiger partial charge < -0.3 is 9.47 Å². The molecule has 2 fully saturated rings. The number of fused-ring (bicyclic) bond motifs is 2. The maximum atomic E-state index is 11.2. The number of carbonyl (C=O) groups excluding carboxylic acids is 2. The lowest BCUT2D eigenvalue weighted by Gasteiger charge is -2.21. The predicted molar refractivity (Wildman–Crippen MR) is 95.4 cm³/mol. The summed E-state index contributed by atoms with van der Waals surface area (Å²) in [5.41, 5.74) is 0.976. The van der Waals surface area contributed by atoms with E-state index in [1.165, 1.54) is 25.7 Å². The van der Waals surface area contributed by atoms with Gasteiger partial charge in [-0.15, -0.1) is 0 Å². The Hall–Kier alpha value is -1.58. The van der Waals surface area contributed by atoms with E-state index in [-0.39, 0.29) is 11.9 Å². The molecule has 0 amide bonds. The molecule has 24 heavy (non-hydrogen) atoms. The molecule has 0 aromatic carbocycles. The zero-order chi connectivity index (χ0) is 18.1.